The number of benzene rings is 1. The van der Waals surface area contributed by atoms with Gasteiger partial charge in [0.25, 0.3) is 0 Å². The first-order valence-electron chi connectivity index (χ1n) is 7.30. The van der Waals surface area contributed by atoms with Crippen molar-refractivity contribution in [3.8, 4) is 0 Å². The van der Waals surface area contributed by atoms with E-state index in [0.29, 0.717) is 5.56 Å². The molecule has 0 unspecified atom stereocenters. The van der Waals surface area contributed by atoms with Crippen molar-refractivity contribution in [2.24, 2.45) is 0 Å². The standard InChI is InChI=1S/C16H25O6P/c1-15(2,3)22-14(17)10-16(4,5)13-9-7-6-8-12(13)11-21-23(18,19)20/h6-9H,10-11H2,1-5H3,(H2,18,19,20). The zero-order valence-electron chi connectivity index (χ0n) is 14.2. The number of phosphoric acid groups is 1. The smallest absolute Gasteiger partial charge is 0.460 e. The van der Waals surface area contributed by atoms with Gasteiger partial charge < -0.3 is 14.5 Å². The van der Waals surface area contributed by atoms with Gasteiger partial charge in [-0.3, -0.25) is 9.32 Å². The molecule has 6 nitrogen and oxygen atoms in total. The first kappa shape index (κ1) is 19.8. The summed E-state index contributed by atoms with van der Waals surface area (Å²) >= 11 is 0. The summed E-state index contributed by atoms with van der Waals surface area (Å²) in [6.07, 6.45) is 0.150. The Morgan fingerprint density at radius 3 is 2.22 bits per heavy atom. The zero-order valence-corrected chi connectivity index (χ0v) is 15.1. The van der Waals surface area contributed by atoms with E-state index in [2.05, 4.69) is 4.52 Å². The van der Waals surface area contributed by atoms with Gasteiger partial charge in [0, 0.05) is 5.41 Å². The molecule has 0 heterocycles. The molecule has 7 heteroatoms. The van der Waals surface area contributed by atoms with Crippen molar-refractivity contribution in [3.05, 3.63) is 35.4 Å². The average molecular weight is 344 g/mol. The van der Waals surface area contributed by atoms with Crippen LogP contribution in [0.2, 0.25) is 0 Å². The van der Waals surface area contributed by atoms with E-state index in [1.54, 1.807) is 32.9 Å². The molecule has 130 valence electrons. The molecule has 0 saturated heterocycles. The predicted molar refractivity (Wildman–Crippen MR) is 86.8 cm³/mol. The molecular formula is C16H25O6P. The van der Waals surface area contributed by atoms with Crippen molar-refractivity contribution in [2.45, 2.75) is 58.7 Å². The van der Waals surface area contributed by atoms with Gasteiger partial charge in [0.15, 0.2) is 0 Å². The largest absolute Gasteiger partial charge is 0.469 e. The number of ether oxygens (including phenoxy) is 1. The minimum Gasteiger partial charge on any atom is -0.460 e. The van der Waals surface area contributed by atoms with Crippen molar-refractivity contribution in [1.82, 2.24) is 0 Å². The van der Waals surface area contributed by atoms with Crippen LogP contribution in [0.15, 0.2) is 24.3 Å². The summed E-state index contributed by atoms with van der Waals surface area (Å²) in [4.78, 5) is 29.8. The lowest BCUT2D eigenvalue weighted by molar-refractivity contribution is -0.156. The summed E-state index contributed by atoms with van der Waals surface area (Å²) in [7, 11) is -4.55. The fourth-order valence-corrected chi connectivity index (χ4v) is 2.60. The second kappa shape index (κ2) is 7.14. The average Bonchev–Trinajstić information content (AvgIpc) is 2.32. The molecule has 1 aromatic rings. The topological polar surface area (TPSA) is 93.1 Å². The normalized spacial score (nSPS) is 13.0. The highest BCUT2D eigenvalue weighted by molar-refractivity contribution is 7.46. The molecule has 0 amide bonds. The Morgan fingerprint density at radius 2 is 1.70 bits per heavy atom. The van der Waals surface area contributed by atoms with Gasteiger partial charge in [0.05, 0.1) is 13.0 Å². The van der Waals surface area contributed by atoms with Crippen LogP contribution in [0.3, 0.4) is 0 Å². The molecule has 0 aliphatic heterocycles. The molecule has 0 saturated carbocycles. The fourth-order valence-electron chi connectivity index (χ4n) is 2.29. The summed E-state index contributed by atoms with van der Waals surface area (Å²) in [6, 6.07) is 7.11. The van der Waals surface area contributed by atoms with Crippen LogP contribution in [0.25, 0.3) is 0 Å². The fraction of sp³-hybridized carbons (Fsp3) is 0.562. The molecule has 0 fully saturated rings. The van der Waals surface area contributed by atoms with Crippen LogP contribution < -0.4 is 0 Å². The first-order valence-corrected chi connectivity index (χ1v) is 8.83. The molecule has 0 aliphatic carbocycles. The summed E-state index contributed by atoms with van der Waals surface area (Å²) < 4.78 is 20.8. The molecule has 1 rings (SSSR count). The summed E-state index contributed by atoms with van der Waals surface area (Å²) in [5.74, 6) is -0.326. The summed E-state index contributed by atoms with van der Waals surface area (Å²) in [5.41, 5.74) is 0.302. The molecule has 1 aromatic carbocycles. The molecule has 23 heavy (non-hydrogen) atoms. The van der Waals surface area contributed by atoms with E-state index in [1.807, 2.05) is 26.0 Å². The lowest BCUT2D eigenvalue weighted by Gasteiger charge is -2.29. The predicted octanol–water partition coefficient (Wildman–Crippen LogP) is 3.31. The van der Waals surface area contributed by atoms with Crippen molar-refractivity contribution in [2.75, 3.05) is 0 Å². The van der Waals surface area contributed by atoms with Gasteiger partial charge >= 0.3 is 13.8 Å². The van der Waals surface area contributed by atoms with E-state index in [9.17, 15) is 9.36 Å². The van der Waals surface area contributed by atoms with Crippen molar-refractivity contribution in [3.63, 3.8) is 0 Å². The minimum absolute atomic E-state index is 0.150. The first-order chi connectivity index (χ1) is 10.3. The van der Waals surface area contributed by atoms with Crippen LogP contribution in [0.4, 0.5) is 0 Å². The monoisotopic (exact) mass is 344 g/mol. The van der Waals surface area contributed by atoms with E-state index in [-0.39, 0.29) is 19.0 Å². The van der Waals surface area contributed by atoms with Crippen LogP contribution in [-0.2, 0) is 30.6 Å². The number of carbonyl (C=O) groups is 1. The van der Waals surface area contributed by atoms with Gasteiger partial charge in [0.2, 0.25) is 0 Å². The van der Waals surface area contributed by atoms with E-state index >= 15 is 0 Å². The molecule has 0 aliphatic rings. The molecule has 0 bridgehead atoms. The van der Waals surface area contributed by atoms with Crippen LogP contribution in [0.5, 0.6) is 0 Å². The molecule has 0 spiro atoms. The van der Waals surface area contributed by atoms with E-state index in [4.69, 9.17) is 14.5 Å². The molecule has 0 atom stereocenters. The van der Waals surface area contributed by atoms with Gasteiger partial charge in [0.1, 0.15) is 5.60 Å². The Bertz CT molecular complexity index is 597. The Labute approximate surface area is 137 Å². The van der Waals surface area contributed by atoms with Crippen molar-refractivity contribution >= 4 is 13.8 Å². The highest BCUT2D eigenvalue weighted by Crippen LogP contribution is 2.39. The van der Waals surface area contributed by atoms with E-state index in [1.165, 1.54) is 0 Å². The zero-order chi connectivity index (χ0) is 17.9. The number of hydrogen-bond donors (Lipinski definition) is 2. The summed E-state index contributed by atoms with van der Waals surface area (Å²) in [5, 5.41) is 0. The highest BCUT2D eigenvalue weighted by atomic mass is 31.2. The second-order valence-corrected chi connectivity index (χ2v) is 8.31. The Morgan fingerprint density at radius 1 is 1.13 bits per heavy atom. The van der Waals surface area contributed by atoms with Gasteiger partial charge in [-0.15, -0.1) is 0 Å². The number of carbonyl (C=O) groups excluding carboxylic acids is 1. The van der Waals surface area contributed by atoms with Gasteiger partial charge in [-0.25, -0.2) is 4.57 Å². The summed E-state index contributed by atoms with van der Waals surface area (Å²) in [6.45, 7) is 8.96. The Hall–Kier alpha value is -1.20. The van der Waals surface area contributed by atoms with Crippen molar-refractivity contribution in [1.29, 1.82) is 0 Å². The van der Waals surface area contributed by atoms with Crippen LogP contribution in [0, 0.1) is 0 Å². The molecule has 0 aromatic heterocycles. The lowest BCUT2D eigenvalue weighted by Crippen LogP contribution is -2.30. The minimum atomic E-state index is -4.55. The number of esters is 1. The van der Waals surface area contributed by atoms with Crippen LogP contribution in [0.1, 0.15) is 52.2 Å². The third kappa shape index (κ3) is 7.27. The van der Waals surface area contributed by atoms with E-state index in [0.717, 1.165) is 5.56 Å². The maximum atomic E-state index is 12.1. The van der Waals surface area contributed by atoms with Crippen LogP contribution in [-0.4, -0.2) is 21.4 Å². The molecule has 0 radical (unpaired) electrons. The third-order valence-corrected chi connectivity index (χ3v) is 3.61. The quantitative estimate of drug-likeness (QED) is 0.607. The molecular weight excluding hydrogens is 319 g/mol. The second-order valence-electron chi connectivity index (χ2n) is 7.07. The highest BCUT2D eigenvalue weighted by Gasteiger charge is 2.29. The van der Waals surface area contributed by atoms with Gasteiger partial charge in [-0.05, 0) is 31.9 Å². The SMILES string of the molecule is CC(C)(C)OC(=O)CC(C)(C)c1ccccc1COP(=O)(O)O. The van der Waals surface area contributed by atoms with Crippen LogP contribution >= 0.6 is 7.82 Å². The van der Waals surface area contributed by atoms with Gasteiger partial charge in [-0.1, -0.05) is 38.1 Å². The third-order valence-electron chi connectivity index (χ3n) is 3.14. The van der Waals surface area contributed by atoms with E-state index < -0.39 is 18.8 Å². The number of hydrogen-bond acceptors (Lipinski definition) is 4. The number of phosphoric ester groups is 1. The Kier molecular flexibility index (Phi) is 6.16. The number of rotatable bonds is 6. The maximum absolute atomic E-state index is 12.1. The maximum Gasteiger partial charge on any atom is 0.469 e. The van der Waals surface area contributed by atoms with Crippen molar-refractivity contribution < 1.29 is 28.4 Å². The van der Waals surface area contributed by atoms with Gasteiger partial charge in [-0.2, -0.15) is 0 Å². The Balaban J connectivity index is 2.95. The lowest BCUT2D eigenvalue weighted by atomic mass is 9.79. The molecule has 2 N–H and O–H groups in total.